The molecule has 0 radical (unpaired) electrons. The van der Waals surface area contributed by atoms with E-state index in [2.05, 4.69) is 17.0 Å². The molecular weight excluding hydrogens is 398 g/mol. The second kappa shape index (κ2) is 8.47. The lowest BCUT2D eigenvalue weighted by atomic mass is 9.80. The SMILES string of the molecule is O=C(Cc1cc(F)cc(C(F)(F)F)c1)C1CC2COCC(C1)N2Cc1ccccc1. The maximum Gasteiger partial charge on any atom is 0.416 e. The number of alkyl halides is 3. The molecule has 0 amide bonds. The average molecular weight is 421 g/mol. The number of hydrogen-bond acceptors (Lipinski definition) is 3. The van der Waals surface area contributed by atoms with Crippen molar-refractivity contribution in [3.05, 3.63) is 71.0 Å². The number of nitrogens with zero attached hydrogens (tertiary/aromatic N) is 1. The fraction of sp³-hybridized carbons (Fsp3) is 0.435. The summed E-state index contributed by atoms with van der Waals surface area (Å²) in [5.41, 5.74) is 0.201. The summed E-state index contributed by atoms with van der Waals surface area (Å²) in [6.07, 6.45) is -3.63. The van der Waals surface area contributed by atoms with Crippen LogP contribution in [0.5, 0.6) is 0 Å². The van der Waals surface area contributed by atoms with Gasteiger partial charge in [-0.05, 0) is 42.2 Å². The third kappa shape index (κ3) is 4.73. The van der Waals surface area contributed by atoms with E-state index < -0.39 is 17.6 Å². The monoisotopic (exact) mass is 421 g/mol. The molecule has 2 heterocycles. The van der Waals surface area contributed by atoms with Crippen molar-refractivity contribution < 1.29 is 27.1 Å². The Bertz CT molecular complexity index is 886. The minimum atomic E-state index is -4.64. The summed E-state index contributed by atoms with van der Waals surface area (Å²) in [5, 5.41) is 0. The van der Waals surface area contributed by atoms with Crippen molar-refractivity contribution in [3.63, 3.8) is 0 Å². The van der Waals surface area contributed by atoms with Crippen molar-refractivity contribution in [2.24, 2.45) is 5.92 Å². The number of hydrogen-bond donors (Lipinski definition) is 0. The predicted molar refractivity (Wildman–Crippen MR) is 103 cm³/mol. The topological polar surface area (TPSA) is 29.5 Å². The summed E-state index contributed by atoms with van der Waals surface area (Å²) in [5.74, 6) is -1.37. The van der Waals surface area contributed by atoms with Crippen molar-refractivity contribution in [2.75, 3.05) is 13.2 Å². The van der Waals surface area contributed by atoms with Crippen molar-refractivity contribution in [1.29, 1.82) is 0 Å². The fourth-order valence-corrected chi connectivity index (χ4v) is 4.57. The molecule has 2 aromatic carbocycles. The Balaban J connectivity index is 1.45. The summed E-state index contributed by atoms with van der Waals surface area (Å²) >= 11 is 0. The Morgan fingerprint density at radius 3 is 2.30 bits per heavy atom. The van der Waals surface area contributed by atoms with Crippen molar-refractivity contribution >= 4 is 5.78 Å². The highest BCUT2D eigenvalue weighted by atomic mass is 19.4. The zero-order valence-corrected chi connectivity index (χ0v) is 16.4. The zero-order chi connectivity index (χ0) is 21.3. The molecule has 30 heavy (non-hydrogen) atoms. The van der Waals surface area contributed by atoms with Crippen LogP contribution in [0.4, 0.5) is 17.6 Å². The van der Waals surface area contributed by atoms with E-state index in [0.717, 1.165) is 18.7 Å². The Labute approximate surface area is 172 Å². The van der Waals surface area contributed by atoms with Gasteiger partial charge >= 0.3 is 6.18 Å². The first-order valence-electron chi connectivity index (χ1n) is 10.1. The van der Waals surface area contributed by atoms with Crippen LogP contribution in [0.2, 0.25) is 0 Å². The van der Waals surface area contributed by atoms with Crippen molar-refractivity contribution in [1.82, 2.24) is 4.90 Å². The zero-order valence-electron chi connectivity index (χ0n) is 16.4. The quantitative estimate of drug-likeness (QED) is 0.659. The summed E-state index contributed by atoms with van der Waals surface area (Å²) in [4.78, 5) is 15.2. The molecule has 2 aliphatic heterocycles. The van der Waals surface area contributed by atoms with Crippen LogP contribution in [0.3, 0.4) is 0 Å². The van der Waals surface area contributed by atoms with Crippen LogP contribution >= 0.6 is 0 Å². The first kappa shape index (κ1) is 21.0. The lowest BCUT2D eigenvalue weighted by Gasteiger charge is -2.48. The number of Topliss-reactive ketones (excluding diaryl/α,β-unsaturated/α-hetero) is 1. The van der Waals surface area contributed by atoms with E-state index in [0.29, 0.717) is 32.1 Å². The van der Waals surface area contributed by atoms with E-state index >= 15 is 0 Å². The van der Waals surface area contributed by atoms with E-state index in [4.69, 9.17) is 4.74 Å². The lowest BCUT2D eigenvalue weighted by molar-refractivity contribution is -0.138. The van der Waals surface area contributed by atoms with Gasteiger partial charge in [0.15, 0.2) is 0 Å². The minimum Gasteiger partial charge on any atom is -0.378 e. The minimum absolute atomic E-state index is 0.0699. The van der Waals surface area contributed by atoms with Gasteiger partial charge in [-0.3, -0.25) is 9.69 Å². The number of rotatable bonds is 5. The number of carbonyl (C=O) groups excluding carboxylic acids is 1. The number of ketones is 1. The van der Waals surface area contributed by atoms with Crippen LogP contribution in [0.25, 0.3) is 0 Å². The van der Waals surface area contributed by atoms with Crippen LogP contribution in [0.1, 0.15) is 29.5 Å². The standard InChI is InChI=1S/C23H23F4NO2/c24-19-7-16(6-18(11-19)23(25,26)27)8-22(29)17-9-20-13-30-14-21(10-17)28(20)12-15-4-2-1-3-5-15/h1-7,11,17,20-21H,8-10,12-14H2. The van der Waals surface area contributed by atoms with Gasteiger partial charge in [-0.1, -0.05) is 30.3 Å². The third-order valence-electron chi connectivity index (χ3n) is 6.00. The van der Waals surface area contributed by atoms with E-state index in [9.17, 15) is 22.4 Å². The third-order valence-corrected chi connectivity index (χ3v) is 6.00. The van der Waals surface area contributed by atoms with Gasteiger partial charge < -0.3 is 4.74 Å². The van der Waals surface area contributed by atoms with Crippen molar-refractivity contribution in [3.8, 4) is 0 Å². The molecule has 2 unspecified atom stereocenters. The highest BCUT2D eigenvalue weighted by molar-refractivity contribution is 5.83. The highest BCUT2D eigenvalue weighted by Crippen LogP contribution is 2.35. The Morgan fingerprint density at radius 1 is 1.00 bits per heavy atom. The summed E-state index contributed by atoms with van der Waals surface area (Å²) in [6, 6.07) is 12.6. The van der Waals surface area contributed by atoms with Gasteiger partial charge in [0.2, 0.25) is 0 Å². The van der Waals surface area contributed by atoms with Crippen LogP contribution in [-0.2, 0) is 28.7 Å². The molecule has 0 aromatic heterocycles. The molecule has 2 bridgehead atoms. The molecule has 160 valence electrons. The Morgan fingerprint density at radius 2 is 1.67 bits per heavy atom. The smallest absolute Gasteiger partial charge is 0.378 e. The van der Waals surface area contributed by atoms with Crippen LogP contribution in [0.15, 0.2) is 48.5 Å². The maximum absolute atomic E-state index is 13.7. The van der Waals surface area contributed by atoms with Gasteiger partial charge in [0, 0.05) is 31.0 Å². The second-order valence-corrected chi connectivity index (χ2v) is 8.16. The molecule has 2 fully saturated rings. The van der Waals surface area contributed by atoms with Gasteiger partial charge in [-0.25, -0.2) is 4.39 Å². The van der Waals surface area contributed by atoms with Crippen molar-refractivity contribution in [2.45, 2.75) is 44.1 Å². The number of piperidine rings is 1. The van der Waals surface area contributed by atoms with Gasteiger partial charge in [-0.15, -0.1) is 0 Å². The summed E-state index contributed by atoms with van der Waals surface area (Å²) in [6.45, 7) is 1.84. The van der Waals surface area contributed by atoms with Gasteiger partial charge in [0.1, 0.15) is 11.6 Å². The molecule has 2 aliphatic rings. The lowest BCUT2D eigenvalue weighted by Crippen LogP contribution is -2.57. The van der Waals surface area contributed by atoms with Gasteiger partial charge in [-0.2, -0.15) is 13.2 Å². The number of benzene rings is 2. The van der Waals surface area contributed by atoms with Gasteiger partial charge in [0.05, 0.1) is 18.8 Å². The van der Waals surface area contributed by atoms with E-state index in [-0.39, 0.29) is 35.8 Å². The molecule has 0 N–H and O–H groups in total. The Hall–Kier alpha value is -2.25. The number of morpholine rings is 1. The van der Waals surface area contributed by atoms with Crippen LogP contribution in [0, 0.1) is 11.7 Å². The van der Waals surface area contributed by atoms with Crippen LogP contribution in [-0.4, -0.2) is 36.0 Å². The molecule has 0 aliphatic carbocycles. The summed E-state index contributed by atoms with van der Waals surface area (Å²) < 4.78 is 58.2. The second-order valence-electron chi connectivity index (χ2n) is 8.16. The molecule has 4 rings (SSSR count). The molecule has 3 nitrogen and oxygen atoms in total. The van der Waals surface area contributed by atoms with E-state index in [1.165, 1.54) is 5.56 Å². The molecule has 7 heteroatoms. The average Bonchev–Trinajstić information content (AvgIpc) is 2.67. The Kier molecular flexibility index (Phi) is 5.93. The van der Waals surface area contributed by atoms with E-state index in [1.807, 2.05) is 18.2 Å². The maximum atomic E-state index is 13.7. The number of carbonyl (C=O) groups is 1. The predicted octanol–water partition coefficient (Wildman–Crippen LogP) is 4.64. The molecule has 0 spiro atoms. The van der Waals surface area contributed by atoms with Gasteiger partial charge in [0.25, 0.3) is 0 Å². The largest absolute Gasteiger partial charge is 0.416 e. The molecule has 2 aromatic rings. The number of ether oxygens (including phenoxy) is 1. The highest BCUT2D eigenvalue weighted by Gasteiger charge is 2.41. The molecule has 2 saturated heterocycles. The normalized spacial score (nSPS) is 24.6. The molecular formula is C23H23F4NO2. The van der Waals surface area contributed by atoms with E-state index in [1.54, 1.807) is 0 Å². The number of fused-ring (bicyclic) bond motifs is 2. The summed E-state index contributed by atoms with van der Waals surface area (Å²) in [7, 11) is 0. The number of halogens is 4. The molecule has 0 saturated carbocycles. The fourth-order valence-electron chi connectivity index (χ4n) is 4.57. The first-order valence-corrected chi connectivity index (χ1v) is 10.1. The first-order chi connectivity index (χ1) is 14.3. The molecule has 2 atom stereocenters. The van der Waals surface area contributed by atoms with Crippen LogP contribution < -0.4 is 0 Å².